The number of carboxylic acids is 1. The van der Waals surface area contributed by atoms with E-state index in [0.717, 1.165) is 17.0 Å². The number of hydrogen-bond acceptors (Lipinski definition) is 4. The van der Waals surface area contributed by atoms with Gasteiger partial charge in [-0.15, -0.1) is 0 Å². The van der Waals surface area contributed by atoms with Crippen LogP contribution in [-0.2, 0) is 4.79 Å². The maximum absolute atomic E-state index is 12.4. The van der Waals surface area contributed by atoms with Crippen molar-refractivity contribution in [1.29, 1.82) is 0 Å². The lowest BCUT2D eigenvalue weighted by molar-refractivity contribution is -0.133. The molecule has 6 nitrogen and oxygen atoms in total. The molecule has 1 fully saturated rings. The molecule has 0 aliphatic carbocycles. The molecule has 2 aromatic rings. The maximum atomic E-state index is 12.4. The van der Waals surface area contributed by atoms with Gasteiger partial charge in [-0.25, -0.2) is 4.79 Å². The number of amides is 1. The highest BCUT2D eigenvalue weighted by atomic mass is 16.5. The molecule has 1 aliphatic rings. The third kappa shape index (κ3) is 4.14. The molecule has 0 spiro atoms. The van der Waals surface area contributed by atoms with Gasteiger partial charge in [0.2, 0.25) is 0 Å². The van der Waals surface area contributed by atoms with Crippen molar-refractivity contribution in [2.75, 3.05) is 37.7 Å². The van der Waals surface area contributed by atoms with Crippen LogP contribution in [0.3, 0.4) is 0 Å². The zero-order valence-corrected chi connectivity index (χ0v) is 14.7. The van der Waals surface area contributed by atoms with Crippen LogP contribution < -0.4 is 9.64 Å². The number of benzene rings is 2. The first-order valence-electron chi connectivity index (χ1n) is 8.59. The Morgan fingerprint density at radius 1 is 1.00 bits per heavy atom. The van der Waals surface area contributed by atoms with Crippen molar-refractivity contribution < 1.29 is 19.4 Å². The van der Waals surface area contributed by atoms with Crippen LogP contribution in [-0.4, -0.2) is 54.7 Å². The fourth-order valence-corrected chi connectivity index (χ4v) is 2.98. The third-order valence-corrected chi connectivity index (χ3v) is 4.56. The van der Waals surface area contributed by atoms with E-state index in [4.69, 9.17) is 9.84 Å². The normalized spacial score (nSPS) is 14.2. The predicted molar refractivity (Wildman–Crippen MR) is 98.9 cm³/mol. The van der Waals surface area contributed by atoms with E-state index in [1.54, 1.807) is 17.0 Å². The van der Waals surface area contributed by atoms with Crippen LogP contribution in [0.4, 0.5) is 5.69 Å². The number of piperazine rings is 1. The van der Waals surface area contributed by atoms with Crippen molar-refractivity contribution in [3.05, 3.63) is 59.7 Å². The molecule has 1 heterocycles. The fraction of sp³-hybridized carbons (Fsp3) is 0.300. The molecule has 0 atom stereocenters. The summed E-state index contributed by atoms with van der Waals surface area (Å²) in [5, 5.41) is 8.96. The Hall–Kier alpha value is -3.02. The molecule has 0 unspecified atom stereocenters. The molecule has 1 amide bonds. The highest BCUT2D eigenvalue weighted by molar-refractivity contribution is 5.88. The molecule has 3 rings (SSSR count). The molecule has 0 saturated carbocycles. The van der Waals surface area contributed by atoms with Crippen LogP contribution in [0.25, 0.3) is 0 Å². The summed E-state index contributed by atoms with van der Waals surface area (Å²) in [5.74, 6) is -0.215. The molecule has 0 aromatic heterocycles. The number of carboxylic acid groups (broad SMARTS) is 1. The standard InChI is InChI=1S/C20H22N2O4/c1-15-4-2-3-5-18(15)26-14-19(23)22-12-10-21(11-13-22)17-8-6-16(7-9-17)20(24)25/h2-9H,10-14H2,1H3,(H,24,25). The summed E-state index contributed by atoms with van der Waals surface area (Å²) >= 11 is 0. The van der Waals surface area contributed by atoms with E-state index in [2.05, 4.69) is 4.90 Å². The molecule has 26 heavy (non-hydrogen) atoms. The van der Waals surface area contributed by atoms with Crippen molar-refractivity contribution in [2.24, 2.45) is 0 Å². The number of carbonyl (C=O) groups excluding carboxylic acids is 1. The van der Waals surface area contributed by atoms with Crippen LogP contribution in [0.1, 0.15) is 15.9 Å². The monoisotopic (exact) mass is 354 g/mol. The van der Waals surface area contributed by atoms with Crippen molar-refractivity contribution in [1.82, 2.24) is 4.90 Å². The number of anilines is 1. The number of hydrogen-bond donors (Lipinski definition) is 1. The van der Waals surface area contributed by atoms with Crippen molar-refractivity contribution in [2.45, 2.75) is 6.92 Å². The summed E-state index contributed by atoms with van der Waals surface area (Å²) in [6.45, 7) is 4.66. The van der Waals surface area contributed by atoms with Gasteiger partial charge in [-0.1, -0.05) is 18.2 Å². The second-order valence-corrected chi connectivity index (χ2v) is 6.27. The summed E-state index contributed by atoms with van der Waals surface area (Å²) in [6.07, 6.45) is 0. The first-order valence-corrected chi connectivity index (χ1v) is 8.59. The summed E-state index contributed by atoms with van der Waals surface area (Å²) < 4.78 is 5.64. The molecule has 1 saturated heterocycles. The Morgan fingerprint density at radius 3 is 2.27 bits per heavy atom. The minimum Gasteiger partial charge on any atom is -0.484 e. The quantitative estimate of drug-likeness (QED) is 0.893. The lowest BCUT2D eigenvalue weighted by Crippen LogP contribution is -2.50. The smallest absolute Gasteiger partial charge is 0.335 e. The van der Waals surface area contributed by atoms with Gasteiger partial charge in [-0.2, -0.15) is 0 Å². The third-order valence-electron chi connectivity index (χ3n) is 4.56. The predicted octanol–water partition coefficient (Wildman–Crippen LogP) is 2.42. The van der Waals surface area contributed by atoms with Gasteiger partial charge in [-0.05, 0) is 42.8 Å². The molecule has 0 bridgehead atoms. The Balaban J connectivity index is 1.50. The second kappa shape index (κ2) is 7.91. The average molecular weight is 354 g/mol. The number of rotatable bonds is 5. The van der Waals surface area contributed by atoms with Crippen LogP contribution in [0.15, 0.2) is 48.5 Å². The van der Waals surface area contributed by atoms with Gasteiger partial charge in [0.25, 0.3) is 5.91 Å². The van der Waals surface area contributed by atoms with Crippen molar-refractivity contribution in [3.63, 3.8) is 0 Å². The summed E-state index contributed by atoms with van der Waals surface area (Å²) in [4.78, 5) is 27.2. The summed E-state index contributed by atoms with van der Waals surface area (Å²) in [7, 11) is 0. The fourth-order valence-electron chi connectivity index (χ4n) is 2.98. The molecule has 1 N–H and O–H groups in total. The maximum Gasteiger partial charge on any atom is 0.335 e. The van der Waals surface area contributed by atoms with Gasteiger partial charge in [0.1, 0.15) is 5.75 Å². The zero-order chi connectivity index (χ0) is 18.5. The van der Waals surface area contributed by atoms with E-state index in [0.29, 0.717) is 26.2 Å². The largest absolute Gasteiger partial charge is 0.484 e. The number of aryl methyl sites for hydroxylation is 1. The first-order chi connectivity index (χ1) is 12.5. The zero-order valence-electron chi connectivity index (χ0n) is 14.7. The van der Waals surface area contributed by atoms with Crippen LogP contribution in [0.5, 0.6) is 5.75 Å². The average Bonchev–Trinajstić information content (AvgIpc) is 2.67. The Kier molecular flexibility index (Phi) is 5.41. The van der Waals surface area contributed by atoms with Gasteiger partial charge in [0.05, 0.1) is 5.56 Å². The summed E-state index contributed by atoms with van der Waals surface area (Å²) in [5.41, 5.74) is 2.25. The molecule has 1 aliphatic heterocycles. The summed E-state index contributed by atoms with van der Waals surface area (Å²) in [6, 6.07) is 14.5. The minimum absolute atomic E-state index is 0.0193. The number of carbonyl (C=O) groups is 2. The van der Waals surface area contributed by atoms with E-state index in [-0.39, 0.29) is 18.1 Å². The van der Waals surface area contributed by atoms with Gasteiger partial charge in [-0.3, -0.25) is 4.79 Å². The second-order valence-electron chi connectivity index (χ2n) is 6.27. The number of para-hydroxylation sites is 1. The van der Waals surface area contributed by atoms with Gasteiger partial charge < -0.3 is 19.6 Å². The number of aromatic carboxylic acids is 1. The lowest BCUT2D eigenvalue weighted by atomic mass is 10.2. The molecular weight excluding hydrogens is 332 g/mol. The highest BCUT2D eigenvalue weighted by Crippen LogP contribution is 2.19. The van der Waals surface area contributed by atoms with E-state index < -0.39 is 5.97 Å². The first kappa shape index (κ1) is 17.8. The van der Waals surface area contributed by atoms with Crippen LogP contribution in [0, 0.1) is 6.92 Å². The van der Waals surface area contributed by atoms with Crippen molar-refractivity contribution >= 4 is 17.6 Å². The van der Waals surface area contributed by atoms with E-state index in [9.17, 15) is 9.59 Å². The molecule has 6 heteroatoms. The number of nitrogens with zero attached hydrogens (tertiary/aromatic N) is 2. The lowest BCUT2D eigenvalue weighted by Gasteiger charge is -2.36. The Labute approximate surface area is 152 Å². The molecular formula is C20H22N2O4. The van der Waals surface area contributed by atoms with Gasteiger partial charge >= 0.3 is 5.97 Å². The van der Waals surface area contributed by atoms with E-state index >= 15 is 0 Å². The minimum atomic E-state index is -0.930. The molecule has 2 aromatic carbocycles. The van der Waals surface area contributed by atoms with E-state index in [1.807, 2.05) is 43.3 Å². The van der Waals surface area contributed by atoms with Crippen LogP contribution >= 0.6 is 0 Å². The topological polar surface area (TPSA) is 70.1 Å². The van der Waals surface area contributed by atoms with Gasteiger partial charge in [0.15, 0.2) is 6.61 Å². The SMILES string of the molecule is Cc1ccccc1OCC(=O)N1CCN(c2ccc(C(=O)O)cc2)CC1. The number of ether oxygens (including phenoxy) is 1. The molecule has 136 valence electrons. The van der Waals surface area contributed by atoms with E-state index in [1.165, 1.54) is 0 Å². The van der Waals surface area contributed by atoms with Crippen molar-refractivity contribution in [3.8, 4) is 5.75 Å². The Morgan fingerprint density at radius 2 is 1.65 bits per heavy atom. The van der Waals surface area contributed by atoms with Crippen LogP contribution in [0.2, 0.25) is 0 Å². The molecule has 0 radical (unpaired) electrons. The van der Waals surface area contributed by atoms with Gasteiger partial charge in [0, 0.05) is 31.9 Å². The Bertz CT molecular complexity index is 781. The highest BCUT2D eigenvalue weighted by Gasteiger charge is 2.22.